The molecule has 5 nitrogen and oxygen atoms in total. The van der Waals surface area contributed by atoms with Crippen LogP contribution in [0, 0.1) is 10.1 Å². The highest BCUT2D eigenvalue weighted by molar-refractivity contribution is 7.98. The van der Waals surface area contributed by atoms with Crippen LogP contribution in [0.15, 0.2) is 18.2 Å². The standard InChI is InChI=1S/C15H24N2O3S/c1-3-11-20-14-9-7-8-13(15(14)17(18)19)16-10-5-4-6-12-21-2/h7-9,16H,3-6,10-12H2,1-2H3. The zero-order valence-corrected chi connectivity index (χ0v) is 13.6. The molecule has 0 aliphatic rings. The van der Waals surface area contributed by atoms with Crippen LogP contribution >= 0.6 is 11.8 Å². The molecular formula is C15H24N2O3S. The van der Waals surface area contributed by atoms with Crippen LogP contribution in [0.4, 0.5) is 11.4 Å². The predicted molar refractivity (Wildman–Crippen MR) is 89.6 cm³/mol. The lowest BCUT2D eigenvalue weighted by Gasteiger charge is -2.10. The van der Waals surface area contributed by atoms with E-state index in [0.29, 0.717) is 18.0 Å². The number of benzene rings is 1. The van der Waals surface area contributed by atoms with Gasteiger partial charge in [-0.1, -0.05) is 19.4 Å². The molecule has 1 aromatic carbocycles. The van der Waals surface area contributed by atoms with Crippen LogP contribution in [-0.2, 0) is 0 Å². The van der Waals surface area contributed by atoms with Crippen molar-refractivity contribution in [2.45, 2.75) is 32.6 Å². The van der Waals surface area contributed by atoms with Gasteiger partial charge >= 0.3 is 5.69 Å². The molecule has 0 aromatic heterocycles. The van der Waals surface area contributed by atoms with Crippen molar-refractivity contribution in [1.82, 2.24) is 0 Å². The average molecular weight is 312 g/mol. The summed E-state index contributed by atoms with van der Waals surface area (Å²) in [7, 11) is 0. The zero-order valence-electron chi connectivity index (χ0n) is 12.8. The maximum absolute atomic E-state index is 11.3. The Morgan fingerprint density at radius 1 is 1.33 bits per heavy atom. The van der Waals surface area contributed by atoms with E-state index in [1.165, 1.54) is 12.2 Å². The Morgan fingerprint density at radius 2 is 2.14 bits per heavy atom. The molecule has 0 aliphatic carbocycles. The first-order chi connectivity index (χ1) is 10.2. The molecule has 0 atom stereocenters. The van der Waals surface area contributed by atoms with Gasteiger partial charge in [-0.25, -0.2) is 0 Å². The minimum atomic E-state index is -0.374. The maximum atomic E-state index is 11.3. The van der Waals surface area contributed by atoms with Crippen LogP contribution < -0.4 is 10.1 Å². The Kier molecular flexibility index (Phi) is 8.66. The molecule has 0 fully saturated rings. The number of nitro groups is 1. The number of unbranched alkanes of at least 4 members (excludes halogenated alkanes) is 2. The summed E-state index contributed by atoms with van der Waals surface area (Å²) in [6.45, 7) is 3.20. The minimum absolute atomic E-state index is 0.0371. The predicted octanol–water partition coefficient (Wildman–Crippen LogP) is 4.33. The van der Waals surface area contributed by atoms with Crippen molar-refractivity contribution in [2.75, 3.05) is 30.5 Å². The van der Waals surface area contributed by atoms with Crippen LogP contribution in [0.3, 0.4) is 0 Å². The fourth-order valence-electron chi connectivity index (χ4n) is 1.95. The van der Waals surface area contributed by atoms with E-state index < -0.39 is 0 Å². The molecule has 1 aromatic rings. The number of hydrogen-bond donors (Lipinski definition) is 1. The third kappa shape index (κ3) is 6.25. The molecule has 0 bridgehead atoms. The van der Waals surface area contributed by atoms with Crippen molar-refractivity contribution < 1.29 is 9.66 Å². The Morgan fingerprint density at radius 3 is 2.81 bits per heavy atom. The van der Waals surface area contributed by atoms with Crippen molar-refractivity contribution in [3.05, 3.63) is 28.3 Å². The highest BCUT2D eigenvalue weighted by Crippen LogP contribution is 2.34. The van der Waals surface area contributed by atoms with Crippen LogP contribution in [0.1, 0.15) is 32.6 Å². The minimum Gasteiger partial charge on any atom is -0.487 e. The fourth-order valence-corrected chi connectivity index (χ4v) is 2.45. The number of para-hydroxylation sites is 1. The van der Waals surface area contributed by atoms with Crippen LogP contribution in [-0.4, -0.2) is 30.1 Å². The number of rotatable bonds is 11. The normalized spacial score (nSPS) is 10.4. The number of nitro benzene ring substituents is 1. The Labute approximate surface area is 130 Å². The highest BCUT2D eigenvalue weighted by atomic mass is 32.2. The van der Waals surface area contributed by atoms with Crippen LogP contribution in [0.25, 0.3) is 0 Å². The van der Waals surface area contributed by atoms with Gasteiger partial charge in [0.15, 0.2) is 5.75 Å². The van der Waals surface area contributed by atoms with Crippen molar-refractivity contribution in [3.63, 3.8) is 0 Å². The topological polar surface area (TPSA) is 64.4 Å². The van der Waals surface area contributed by atoms with E-state index >= 15 is 0 Å². The van der Waals surface area contributed by atoms with Gasteiger partial charge in [0.25, 0.3) is 0 Å². The first-order valence-corrected chi connectivity index (χ1v) is 8.73. The third-order valence-electron chi connectivity index (χ3n) is 2.98. The smallest absolute Gasteiger partial charge is 0.333 e. The summed E-state index contributed by atoms with van der Waals surface area (Å²) in [5.41, 5.74) is 0.577. The summed E-state index contributed by atoms with van der Waals surface area (Å²) >= 11 is 1.85. The third-order valence-corrected chi connectivity index (χ3v) is 3.68. The average Bonchev–Trinajstić information content (AvgIpc) is 2.48. The van der Waals surface area contributed by atoms with Gasteiger partial charge in [0.05, 0.1) is 11.5 Å². The van der Waals surface area contributed by atoms with Crippen molar-refractivity contribution in [1.29, 1.82) is 0 Å². The molecule has 118 valence electrons. The number of nitrogens with zero attached hydrogens (tertiary/aromatic N) is 1. The van der Waals surface area contributed by atoms with E-state index in [0.717, 1.165) is 25.8 Å². The molecule has 0 unspecified atom stereocenters. The molecule has 6 heteroatoms. The van der Waals surface area contributed by atoms with Crippen LogP contribution in [0.2, 0.25) is 0 Å². The Balaban J connectivity index is 2.61. The molecule has 0 heterocycles. The molecular weight excluding hydrogens is 288 g/mol. The summed E-state index contributed by atoms with van der Waals surface area (Å²) in [6.07, 6.45) is 6.25. The van der Waals surface area contributed by atoms with Crippen molar-refractivity contribution in [2.24, 2.45) is 0 Å². The maximum Gasteiger partial charge on any atom is 0.333 e. The highest BCUT2D eigenvalue weighted by Gasteiger charge is 2.20. The number of ether oxygens (including phenoxy) is 1. The van der Waals surface area contributed by atoms with Gasteiger partial charge in [-0.3, -0.25) is 10.1 Å². The Bertz CT molecular complexity index is 441. The van der Waals surface area contributed by atoms with Crippen LogP contribution in [0.5, 0.6) is 5.75 Å². The van der Waals surface area contributed by atoms with Gasteiger partial charge in [-0.05, 0) is 43.4 Å². The molecule has 0 amide bonds. The summed E-state index contributed by atoms with van der Waals surface area (Å²) in [6, 6.07) is 5.17. The van der Waals surface area contributed by atoms with E-state index in [1.54, 1.807) is 18.2 Å². The van der Waals surface area contributed by atoms with Crippen molar-refractivity contribution >= 4 is 23.1 Å². The molecule has 0 saturated carbocycles. The van der Waals surface area contributed by atoms with Gasteiger partial charge < -0.3 is 10.1 Å². The molecule has 21 heavy (non-hydrogen) atoms. The molecule has 0 radical (unpaired) electrons. The second kappa shape index (κ2) is 10.3. The van der Waals surface area contributed by atoms with E-state index in [-0.39, 0.29) is 10.6 Å². The summed E-state index contributed by atoms with van der Waals surface area (Å²) in [5.74, 6) is 1.51. The fraction of sp³-hybridized carbons (Fsp3) is 0.600. The van der Waals surface area contributed by atoms with Gasteiger partial charge in [0.1, 0.15) is 5.69 Å². The summed E-state index contributed by atoms with van der Waals surface area (Å²) in [5, 5.41) is 14.4. The first kappa shape index (κ1) is 17.6. The van der Waals surface area contributed by atoms with E-state index in [1.807, 2.05) is 18.7 Å². The van der Waals surface area contributed by atoms with Crippen molar-refractivity contribution in [3.8, 4) is 5.75 Å². The van der Waals surface area contributed by atoms with E-state index in [4.69, 9.17) is 4.74 Å². The lowest BCUT2D eigenvalue weighted by atomic mass is 10.2. The molecule has 1 rings (SSSR count). The number of nitrogens with one attached hydrogen (secondary N) is 1. The van der Waals surface area contributed by atoms with Gasteiger partial charge in [-0.2, -0.15) is 11.8 Å². The lowest BCUT2D eigenvalue weighted by Crippen LogP contribution is -2.06. The monoisotopic (exact) mass is 312 g/mol. The van der Waals surface area contributed by atoms with E-state index in [9.17, 15) is 10.1 Å². The first-order valence-electron chi connectivity index (χ1n) is 7.33. The second-order valence-electron chi connectivity index (χ2n) is 4.74. The molecule has 1 N–H and O–H groups in total. The number of anilines is 1. The summed E-state index contributed by atoms with van der Waals surface area (Å²) in [4.78, 5) is 10.9. The molecule has 0 spiro atoms. The molecule has 0 aliphatic heterocycles. The lowest BCUT2D eigenvalue weighted by molar-refractivity contribution is -0.385. The quantitative estimate of drug-likeness (QED) is 0.374. The summed E-state index contributed by atoms with van der Waals surface area (Å²) < 4.78 is 5.46. The second-order valence-corrected chi connectivity index (χ2v) is 5.72. The van der Waals surface area contributed by atoms with Gasteiger partial charge in [0, 0.05) is 6.54 Å². The SMILES string of the molecule is CCCOc1cccc(NCCCCCSC)c1[N+](=O)[O-]. The van der Waals surface area contributed by atoms with Gasteiger partial charge in [-0.15, -0.1) is 0 Å². The number of thioether (sulfide) groups is 1. The van der Waals surface area contributed by atoms with Gasteiger partial charge in [0.2, 0.25) is 0 Å². The zero-order chi connectivity index (χ0) is 15.5. The van der Waals surface area contributed by atoms with E-state index in [2.05, 4.69) is 11.6 Å². The Hall–Kier alpha value is -1.43. The number of hydrogen-bond acceptors (Lipinski definition) is 5. The largest absolute Gasteiger partial charge is 0.487 e. The molecule has 0 saturated heterocycles.